The van der Waals surface area contributed by atoms with Gasteiger partial charge in [0.15, 0.2) is 0 Å². The third-order valence-electron chi connectivity index (χ3n) is 5.35. The SMILES string of the molecule is CCOC(=O)OC1=C(C)Nc2ccn(CCCN(C)C)c(=O)c2C1c1ccccc1OC. The number of ether oxygens (including phenoxy) is 3. The zero-order valence-electron chi connectivity index (χ0n) is 19.3. The number of hydrogen-bond acceptors (Lipinski definition) is 7. The van der Waals surface area contributed by atoms with Crippen LogP contribution < -0.4 is 15.6 Å². The van der Waals surface area contributed by atoms with E-state index < -0.39 is 12.1 Å². The molecular weight excluding hydrogens is 410 g/mol. The Morgan fingerprint density at radius 2 is 1.97 bits per heavy atom. The number of aromatic nitrogens is 1. The summed E-state index contributed by atoms with van der Waals surface area (Å²) in [6.07, 6.45) is 1.82. The fourth-order valence-corrected chi connectivity index (χ4v) is 3.90. The van der Waals surface area contributed by atoms with Crippen LogP contribution in [0, 0.1) is 0 Å². The van der Waals surface area contributed by atoms with Crippen molar-refractivity contribution in [1.82, 2.24) is 9.47 Å². The third kappa shape index (κ3) is 4.96. The Morgan fingerprint density at radius 3 is 2.66 bits per heavy atom. The zero-order valence-corrected chi connectivity index (χ0v) is 19.3. The molecule has 1 aliphatic heterocycles. The van der Waals surface area contributed by atoms with Gasteiger partial charge in [-0.05, 0) is 53.0 Å². The van der Waals surface area contributed by atoms with Crippen molar-refractivity contribution in [3.63, 3.8) is 0 Å². The predicted octanol–water partition coefficient (Wildman–Crippen LogP) is 3.77. The number of aryl methyl sites for hydroxylation is 1. The van der Waals surface area contributed by atoms with E-state index in [4.69, 9.17) is 14.2 Å². The van der Waals surface area contributed by atoms with Gasteiger partial charge in [0, 0.05) is 24.0 Å². The summed E-state index contributed by atoms with van der Waals surface area (Å²) in [6.45, 7) is 5.16. The molecule has 0 radical (unpaired) electrons. The van der Waals surface area contributed by atoms with Gasteiger partial charge >= 0.3 is 6.16 Å². The van der Waals surface area contributed by atoms with Gasteiger partial charge in [-0.15, -0.1) is 0 Å². The van der Waals surface area contributed by atoms with Gasteiger partial charge in [-0.1, -0.05) is 18.2 Å². The number of methoxy groups -OCH3 is 1. The first kappa shape index (κ1) is 23.4. The van der Waals surface area contributed by atoms with Gasteiger partial charge in [-0.25, -0.2) is 4.79 Å². The van der Waals surface area contributed by atoms with E-state index >= 15 is 0 Å². The molecule has 0 aliphatic carbocycles. The van der Waals surface area contributed by atoms with Gasteiger partial charge < -0.3 is 29.0 Å². The molecular formula is C24H31N3O5. The molecule has 1 atom stereocenters. The maximum Gasteiger partial charge on any atom is 0.513 e. The van der Waals surface area contributed by atoms with E-state index in [9.17, 15) is 9.59 Å². The highest BCUT2D eigenvalue weighted by molar-refractivity contribution is 5.68. The second-order valence-corrected chi connectivity index (χ2v) is 7.87. The normalized spacial score (nSPS) is 15.2. The molecule has 0 amide bonds. The van der Waals surface area contributed by atoms with Crippen molar-refractivity contribution >= 4 is 11.8 Å². The zero-order chi connectivity index (χ0) is 23.3. The standard InChI is InChI=1S/C24H31N3O5/c1-6-31-24(29)32-22-16(2)25-18-12-15-27(14-9-13-26(3)4)23(28)21(18)20(22)17-10-7-8-11-19(17)30-5/h7-8,10-12,15,20,25H,6,9,13-14H2,1-5H3. The van der Waals surface area contributed by atoms with E-state index in [-0.39, 0.29) is 12.2 Å². The molecule has 1 aromatic heterocycles. The number of anilines is 1. The number of para-hydroxylation sites is 1. The Morgan fingerprint density at radius 1 is 1.22 bits per heavy atom. The Labute approximate surface area is 188 Å². The molecule has 8 nitrogen and oxygen atoms in total. The number of nitrogens with one attached hydrogen (secondary N) is 1. The van der Waals surface area contributed by atoms with Crippen LogP contribution in [-0.4, -0.2) is 50.0 Å². The van der Waals surface area contributed by atoms with Crippen LogP contribution in [0.1, 0.15) is 37.3 Å². The van der Waals surface area contributed by atoms with Crippen molar-refractivity contribution in [2.24, 2.45) is 0 Å². The lowest BCUT2D eigenvalue weighted by molar-refractivity contribution is 0.0776. The molecule has 0 saturated carbocycles. The number of rotatable bonds is 8. The van der Waals surface area contributed by atoms with Gasteiger partial charge in [-0.2, -0.15) is 0 Å². The van der Waals surface area contributed by atoms with E-state index in [2.05, 4.69) is 10.2 Å². The quantitative estimate of drug-likeness (QED) is 0.625. The number of fused-ring (bicyclic) bond motifs is 1. The minimum Gasteiger partial charge on any atom is -0.496 e. The van der Waals surface area contributed by atoms with Crippen molar-refractivity contribution in [1.29, 1.82) is 0 Å². The highest BCUT2D eigenvalue weighted by Gasteiger charge is 2.35. The molecule has 32 heavy (non-hydrogen) atoms. The Hall–Kier alpha value is -3.26. The summed E-state index contributed by atoms with van der Waals surface area (Å²) < 4.78 is 17.9. The highest BCUT2D eigenvalue weighted by atomic mass is 16.7. The molecule has 172 valence electrons. The van der Waals surface area contributed by atoms with Crippen molar-refractivity contribution < 1.29 is 19.0 Å². The first-order valence-electron chi connectivity index (χ1n) is 10.7. The van der Waals surface area contributed by atoms with Crippen LogP contribution in [0.4, 0.5) is 10.5 Å². The maximum absolute atomic E-state index is 13.6. The minimum atomic E-state index is -0.811. The monoisotopic (exact) mass is 441 g/mol. The van der Waals surface area contributed by atoms with Gasteiger partial charge in [-0.3, -0.25) is 4.79 Å². The first-order chi connectivity index (χ1) is 15.4. The van der Waals surface area contributed by atoms with Crippen molar-refractivity contribution in [3.8, 4) is 5.75 Å². The van der Waals surface area contributed by atoms with E-state index in [1.54, 1.807) is 24.8 Å². The van der Waals surface area contributed by atoms with Gasteiger partial charge in [0.2, 0.25) is 0 Å². The maximum atomic E-state index is 13.6. The Kier molecular flexibility index (Phi) is 7.58. The summed E-state index contributed by atoms with van der Waals surface area (Å²) in [5.74, 6) is 0.301. The van der Waals surface area contributed by atoms with Crippen LogP contribution in [-0.2, 0) is 16.0 Å². The van der Waals surface area contributed by atoms with Gasteiger partial charge in [0.05, 0.1) is 30.9 Å². The number of nitrogens with zero attached hydrogens (tertiary/aromatic N) is 2. The van der Waals surface area contributed by atoms with Crippen LogP contribution >= 0.6 is 0 Å². The van der Waals surface area contributed by atoms with Crippen LogP contribution in [0.5, 0.6) is 5.75 Å². The first-order valence-corrected chi connectivity index (χ1v) is 10.7. The van der Waals surface area contributed by atoms with E-state index in [1.807, 2.05) is 51.4 Å². The number of allylic oxidation sites excluding steroid dienone is 2. The van der Waals surface area contributed by atoms with E-state index in [0.717, 1.165) is 18.5 Å². The van der Waals surface area contributed by atoms with Crippen LogP contribution in [0.3, 0.4) is 0 Å². The van der Waals surface area contributed by atoms with Crippen LogP contribution in [0.2, 0.25) is 0 Å². The molecule has 3 rings (SSSR count). The lowest BCUT2D eigenvalue weighted by atomic mass is 9.85. The van der Waals surface area contributed by atoms with Crippen molar-refractivity contribution in [2.75, 3.05) is 39.7 Å². The molecule has 8 heteroatoms. The fraction of sp³-hybridized carbons (Fsp3) is 0.417. The second kappa shape index (κ2) is 10.4. The third-order valence-corrected chi connectivity index (χ3v) is 5.35. The summed E-state index contributed by atoms with van der Waals surface area (Å²) in [6, 6.07) is 9.32. The molecule has 1 aromatic carbocycles. The van der Waals surface area contributed by atoms with Crippen molar-refractivity contribution in [2.45, 2.75) is 32.7 Å². The highest BCUT2D eigenvalue weighted by Crippen LogP contribution is 2.43. The molecule has 2 aromatic rings. The largest absolute Gasteiger partial charge is 0.513 e. The summed E-state index contributed by atoms with van der Waals surface area (Å²) >= 11 is 0. The summed E-state index contributed by atoms with van der Waals surface area (Å²) in [7, 11) is 5.58. The van der Waals surface area contributed by atoms with Gasteiger partial charge in [0.1, 0.15) is 11.5 Å². The van der Waals surface area contributed by atoms with E-state index in [1.165, 1.54) is 0 Å². The Bertz CT molecular complexity index is 1060. The van der Waals surface area contributed by atoms with Gasteiger partial charge in [0.25, 0.3) is 5.56 Å². The molecule has 0 fully saturated rings. The van der Waals surface area contributed by atoms with E-state index in [0.29, 0.717) is 35.0 Å². The smallest absolute Gasteiger partial charge is 0.496 e. The summed E-state index contributed by atoms with van der Waals surface area (Å²) in [5.41, 5.74) is 2.42. The second-order valence-electron chi connectivity index (χ2n) is 7.87. The molecule has 0 spiro atoms. The number of pyridine rings is 1. The summed E-state index contributed by atoms with van der Waals surface area (Å²) in [5, 5.41) is 3.22. The molecule has 1 unspecified atom stereocenters. The average molecular weight is 442 g/mol. The molecule has 2 heterocycles. The number of carbonyl (C=O) groups is 1. The molecule has 1 aliphatic rings. The van der Waals surface area contributed by atoms with Crippen molar-refractivity contribution in [3.05, 3.63) is 69.5 Å². The molecule has 0 bridgehead atoms. The minimum absolute atomic E-state index is 0.137. The topological polar surface area (TPSA) is 82.0 Å². The average Bonchev–Trinajstić information content (AvgIpc) is 2.76. The predicted molar refractivity (Wildman–Crippen MR) is 123 cm³/mol. The number of hydrogen-bond donors (Lipinski definition) is 1. The number of carbonyl (C=O) groups excluding carboxylic acids is 1. The molecule has 1 N–H and O–H groups in total. The lowest BCUT2D eigenvalue weighted by Crippen LogP contribution is -2.32. The fourth-order valence-electron chi connectivity index (χ4n) is 3.90. The summed E-state index contributed by atoms with van der Waals surface area (Å²) in [4.78, 5) is 27.9. The lowest BCUT2D eigenvalue weighted by Gasteiger charge is -2.30. The van der Waals surface area contributed by atoms with Crippen LogP contribution in [0.25, 0.3) is 0 Å². The number of benzene rings is 1. The Balaban J connectivity index is 2.14. The molecule has 0 saturated heterocycles. The van der Waals surface area contributed by atoms with Crippen LogP contribution in [0.15, 0.2) is 52.8 Å².